The van der Waals surface area contributed by atoms with Crippen LogP contribution in [0.4, 0.5) is 0 Å². The highest BCUT2D eigenvalue weighted by Crippen LogP contribution is 2.18. The Balaban J connectivity index is 1.50. The summed E-state index contributed by atoms with van der Waals surface area (Å²) < 4.78 is 1.81. The molecule has 3 heterocycles. The summed E-state index contributed by atoms with van der Waals surface area (Å²) in [5, 5.41) is 5.57. The van der Waals surface area contributed by atoms with Crippen LogP contribution in [0, 0.1) is 0 Å². The number of hydrogen-bond donors (Lipinski definition) is 1. The second kappa shape index (κ2) is 6.49. The maximum absolute atomic E-state index is 11.1. The summed E-state index contributed by atoms with van der Waals surface area (Å²) in [5.41, 5.74) is 3.88. The van der Waals surface area contributed by atoms with Crippen molar-refractivity contribution in [2.45, 2.75) is 13.0 Å². The van der Waals surface area contributed by atoms with Gasteiger partial charge in [0.05, 0.1) is 11.9 Å². The maximum Gasteiger partial charge on any atom is 0.247 e. The van der Waals surface area contributed by atoms with Crippen LogP contribution in [0.3, 0.4) is 0 Å². The standard InChI is InChI=1S/C18H14ClN5O/c19-17-15-10-24(23-18(15)22-11-21-17)9-13-3-1-12(2-4-13)7-14-5-6-16(25)20-8-14/h1-6,8,10-11H,7,9H2,(H,20,25). The van der Waals surface area contributed by atoms with Gasteiger partial charge in [-0.05, 0) is 23.1 Å². The number of benzene rings is 1. The number of aromatic amines is 1. The predicted octanol–water partition coefficient (Wildman–Crippen LogP) is 2.81. The van der Waals surface area contributed by atoms with Gasteiger partial charge in [0.2, 0.25) is 5.56 Å². The van der Waals surface area contributed by atoms with Crippen molar-refractivity contribution in [1.29, 1.82) is 0 Å². The van der Waals surface area contributed by atoms with Crippen molar-refractivity contribution in [2.24, 2.45) is 0 Å². The van der Waals surface area contributed by atoms with Crippen molar-refractivity contribution in [3.05, 3.63) is 87.3 Å². The van der Waals surface area contributed by atoms with Crippen LogP contribution in [0.1, 0.15) is 16.7 Å². The smallest absolute Gasteiger partial charge is 0.247 e. The van der Waals surface area contributed by atoms with Gasteiger partial charge in [0, 0.05) is 18.5 Å². The number of nitrogens with zero attached hydrogens (tertiary/aromatic N) is 4. The Morgan fingerprint density at radius 1 is 1.00 bits per heavy atom. The minimum Gasteiger partial charge on any atom is -0.329 e. The van der Waals surface area contributed by atoms with Crippen molar-refractivity contribution >= 4 is 22.6 Å². The molecule has 0 amide bonds. The van der Waals surface area contributed by atoms with E-state index in [1.165, 1.54) is 11.9 Å². The van der Waals surface area contributed by atoms with Gasteiger partial charge in [-0.1, -0.05) is 41.9 Å². The quantitative estimate of drug-likeness (QED) is 0.573. The molecule has 0 saturated carbocycles. The fourth-order valence-electron chi connectivity index (χ4n) is 2.67. The SMILES string of the molecule is O=c1ccc(Cc2ccc(Cn3cc4c(Cl)ncnc4n3)cc2)c[nH]1. The topological polar surface area (TPSA) is 76.5 Å². The van der Waals surface area contributed by atoms with E-state index in [0.29, 0.717) is 17.3 Å². The van der Waals surface area contributed by atoms with Crippen LogP contribution in [0.2, 0.25) is 5.15 Å². The average Bonchev–Trinajstić information content (AvgIpc) is 3.03. The first-order valence-electron chi connectivity index (χ1n) is 7.76. The molecule has 0 saturated heterocycles. The molecule has 0 fully saturated rings. The Morgan fingerprint density at radius 2 is 1.76 bits per heavy atom. The molecule has 0 spiro atoms. The minimum absolute atomic E-state index is 0.0875. The molecule has 0 aliphatic carbocycles. The number of halogens is 1. The molecular weight excluding hydrogens is 338 g/mol. The van der Waals surface area contributed by atoms with E-state index in [1.54, 1.807) is 12.3 Å². The van der Waals surface area contributed by atoms with Crippen molar-refractivity contribution in [1.82, 2.24) is 24.7 Å². The lowest BCUT2D eigenvalue weighted by atomic mass is 10.0. The molecular formula is C18H14ClN5O. The third-order valence-corrected chi connectivity index (χ3v) is 4.24. The Kier molecular flexibility index (Phi) is 4.03. The zero-order valence-electron chi connectivity index (χ0n) is 13.2. The number of aromatic nitrogens is 5. The van der Waals surface area contributed by atoms with Gasteiger partial charge < -0.3 is 4.98 Å². The molecule has 124 valence electrons. The summed E-state index contributed by atoms with van der Waals surface area (Å²) in [4.78, 5) is 21.9. The average molecular weight is 352 g/mol. The van der Waals surface area contributed by atoms with E-state index >= 15 is 0 Å². The van der Waals surface area contributed by atoms with E-state index in [-0.39, 0.29) is 5.56 Å². The summed E-state index contributed by atoms with van der Waals surface area (Å²) in [6.07, 6.45) is 5.78. The largest absolute Gasteiger partial charge is 0.329 e. The highest BCUT2D eigenvalue weighted by molar-refractivity contribution is 6.33. The zero-order valence-corrected chi connectivity index (χ0v) is 13.9. The molecule has 0 unspecified atom stereocenters. The molecule has 7 heteroatoms. The van der Waals surface area contributed by atoms with Gasteiger partial charge in [-0.15, -0.1) is 0 Å². The third kappa shape index (κ3) is 3.44. The number of H-pyrrole nitrogens is 1. The molecule has 0 bridgehead atoms. The molecule has 4 aromatic rings. The first-order chi connectivity index (χ1) is 12.2. The van der Waals surface area contributed by atoms with Crippen LogP contribution in [0.5, 0.6) is 0 Å². The first-order valence-corrected chi connectivity index (χ1v) is 8.14. The monoisotopic (exact) mass is 351 g/mol. The van der Waals surface area contributed by atoms with Gasteiger partial charge in [-0.25, -0.2) is 9.97 Å². The van der Waals surface area contributed by atoms with Crippen LogP contribution in [0.25, 0.3) is 11.0 Å². The third-order valence-electron chi connectivity index (χ3n) is 3.94. The van der Waals surface area contributed by atoms with Crippen molar-refractivity contribution in [3.8, 4) is 0 Å². The fourth-order valence-corrected chi connectivity index (χ4v) is 2.85. The van der Waals surface area contributed by atoms with Crippen LogP contribution in [-0.2, 0) is 13.0 Å². The number of pyridine rings is 1. The van der Waals surface area contributed by atoms with Crippen molar-refractivity contribution < 1.29 is 0 Å². The van der Waals surface area contributed by atoms with Crippen LogP contribution in [-0.4, -0.2) is 24.7 Å². The predicted molar refractivity (Wildman–Crippen MR) is 95.7 cm³/mol. The van der Waals surface area contributed by atoms with E-state index in [9.17, 15) is 4.79 Å². The highest BCUT2D eigenvalue weighted by Gasteiger charge is 2.07. The van der Waals surface area contributed by atoms with Gasteiger partial charge in [0.25, 0.3) is 0 Å². The van der Waals surface area contributed by atoms with Crippen molar-refractivity contribution in [3.63, 3.8) is 0 Å². The Bertz CT molecular complexity index is 1060. The molecule has 1 N–H and O–H groups in total. The molecule has 0 radical (unpaired) electrons. The number of rotatable bonds is 4. The summed E-state index contributed by atoms with van der Waals surface area (Å²) in [5.74, 6) is 0. The van der Waals surface area contributed by atoms with Gasteiger partial charge in [0.15, 0.2) is 5.65 Å². The molecule has 0 atom stereocenters. The number of fused-ring (bicyclic) bond motifs is 1. The molecule has 1 aromatic carbocycles. The van der Waals surface area contributed by atoms with E-state index in [1.807, 2.05) is 16.9 Å². The van der Waals surface area contributed by atoms with Gasteiger partial charge in [-0.2, -0.15) is 5.10 Å². The molecule has 0 aliphatic rings. The second-order valence-electron chi connectivity index (χ2n) is 5.78. The van der Waals surface area contributed by atoms with Gasteiger partial charge >= 0.3 is 0 Å². The second-order valence-corrected chi connectivity index (χ2v) is 6.14. The highest BCUT2D eigenvalue weighted by atomic mass is 35.5. The lowest BCUT2D eigenvalue weighted by molar-refractivity contribution is 0.693. The molecule has 4 rings (SSSR count). The van der Waals surface area contributed by atoms with Crippen LogP contribution >= 0.6 is 11.6 Å². The van der Waals surface area contributed by atoms with Gasteiger partial charge in [0.1, 0.15) is 11.5 Å². The molecule has 6 nitrogen and oxygen atoms in total. The fraction of sp³-hybridized carbons (Fsp3) is 0.111. The van der Waals surface area contributed by atoms with Crippen molar-refractivity contribution in [2.75, 3.05) is 0 Å². The van der Waals surface area contributed by atoms with E-state index in [0.717, 1.165) is 22.9 Å². The molecule has 3 aromatic heterocycles. The summed E-state index contributed by atoms with van der Waals surface area (Å²) in [6.45, 7) is 0.631. The van der Waals surface area contributed by atoms with Crippen LogP contribution in [0.15, 0.2) is 59.9 Å². The molecule has 25 heavy (non-hydrogen) atoms. The van der Waals surface area contributed by atoms with E-state index in [4.69, 9.17) is 11.6 Å². The lowest BCUT2D eigenvalue weighted by Gasteiger charge is -2.05. The Labute approximate surface area is 148 Å². The van der Waals surface area contributed by atoms with E-state index in [2.05, 4.69) is 44.3 Å². The van der Waals surface area contributed by atoms with E-state index < -0.39 is 0 Å². The Hall–Kier alpha value is -2.99. The minimum atomic E-state index is -0.0875. The number of nitrogens with one attached hydrogen (secondary N) is 1. The maximum atomic E-state index is 11.1. The zero-order chi connectivity index (χ0) is 17.2. The molecule has 0 aliphatic heterocycles. The van der Waals surface area contributed by atoms with Gasteiger partial charge in [-0.3, -0.25) is 9.48 Å². The summed E-state index contributed by atoms with van der Waals surface area (Å²) in [6, 6.07) is 11.7. The lowest BCUT2D eigenvalue weighted by Crippen LogP contribution is -2.03. The normalized spacial score (nSPS) is 11.1. The summed E-state index contributed by atoms with van der Waals surface area (Å²) >= 11 is 6.05. The summed E-state index contributed by atoms with van der Waals surface area (Å²) in [7, 11) is 0. The van der Waals surface area contributed by atoms with Crippen LogP contribution < -0.4 is 5.56 Å². The Morgan fingerprint density at radius 3 is 2.48 bits per heavy atom. The number of hydrogen-bond acceptors (Lipinski definition) is 4. The first kappa shape index (κ1) is 15.5.